The Morgan fingerprint density at radius 2 is 2.00 bits per heavy atom. The molecule has 0 radical (unpaired) electrons. The quantitative estimate of drug-likeness (QED) is 0.787. The number of benzene rings is 1. The summed E-state index contributed by atoms with van der Waals surface area (Å²) in [6.07, 6.45) is 4.61. The van der Waals surface area contributed by atoms with E-state index in [0.29, 0.717) is 43.3 Å². The number of allylic oxidation sites excluding steroid dienone is 1. The third-order valence-electron chi connectivity index (χ3n) is 4.29. The lowest BCUT2D eigenvalue weighted by atomic mass is 9.96. The predicted octanol–water partition coefficient (Wildman–Crippen LogP) is 3.55. The Bertz CT molecular complexity index is 703. The minimum atomic E-state index is -0.299. The summed E-state index contributed by atoms with van der Waals surface area (Å²) in [6, 6.07) is 5.97. The SMILES string of the molecule is C=CCCC(=O)N1CCC(c2nnc(-c3ccc(F)cc3)o2)CC1. The van der Waals surface area contributed by atoms with Crippen molar-refractivity contribution >= 4 is 5.91 Å². The normalized spacial score (nSPS) is 15.5. The van der Waals surface area contributed by atoms with Gasteiger partial charge in [-0.2, -0.15) is 0 Å². The van der Waals surface area contributed by atoms with Crippen LogP contribution in [0.4, 0.5) is 4.39 Å². The monoisotopic (exact) mass is 329 g/mol. The summed E-state index contributed by atoms with van der Waals surface area (Å²) >= 11 is 0. The molecule has 0 atom stereocenters. The van der Waals surface area contributed by atoms with Gasteiger partial charge in [-0.15, -0.1) is 16.8 Å². The number of carbonyl (C=O) groups is 1. The lowest BCUT2D eigenvalue weighted by Gasteiger charge is -2.30. The Hall–Kier alpha value is -2.50. The number of hydrogen-bond acceptors (Lipinski definition) is 4. The van der Waals surface area contributed by atoms with Crippen molar-refractivity contribution in [2.75, 3.05) is 13.1 Å². The lowest BCUT2D eigenvalue weighted by molar-refractivity contribution is -0.132. The highest BCUT2D eigenvalue weighted by Gasteiger charge is 2.27. The van der Waals surface area contributed by atoms with Crippen LogP contribution in [0.15, 0.2) is 41.3 Å². The van der Waals surface area contributed by atoms with Crippen LogP contribution in [0.25, 0.3) is 11.5 Å². The van der Waals surface area contributed by atoms with E-state index in [-0.39, 0.29) is 17.6 Å². The van der Waals surface area contributed by atoms with Gasteiger partial charge in [-0.1, -0.05) is 6.08 Å². The van der Waals surface area contributed by atoms with Crippen LogP contribution in [0.2, 0.25) is 0 Å². The second-order valence-electron chi connectivity index (χ2n) is 5.93. The standard InChI is InChI=1S/C18H20FN3O2/c1-2-3-4-16(23)22-11-9-14(10-12-22)18-21-20-17(24-18)13-5-7-15(19)8-6-13/h2,5-8,14H,1,3-4,9-12H2. The average Bonchev–Trinajstić information content (AvgIpc) is 3.10. The fraction of sp³-hybridized carbons (Fsp3) is 0.389. The lowest BCUT2D eigenvalue weighted by Crippen LogP contribution is -2.37. The molecule has 1 aliphatic heterocycles. The van der Waals surface area contributed by atoms with Crippen molar-refractivity contribution in [2.24, 2.45) is 0 Å². The second kappa shape index (κ2) is 7.38. The summed E-state index contributed by atoms with van der Waals surface area (Å²) in [5.74, 6) is 1.02. The summed E-state index contributed by atoms with van der Waals surface area (Å²) in [5, 5.41) is 8.19. The molecule has 0 bridgehead atoms. The molecule has 0 spiro atoms. The molecule has 6 heteroatoms. The molecule has 1 aliphatic rings. The molecule has 2 aromatic rings. The van der Waals surface area contributed by atoms with E-state index in [2.05, 4.69) is 16.8 Å². The second-order valence-corrected chi connectivity index (χ2v) is 5.93. The first-order valence-corrected chi connectivity index (χ1v) is 8.15. The zero-order chi connectivity index (χ0) is 16.9. The zero-order valence-corrected chi connectivity index (χ0v) is 13.4. The van der Waals surface area contributed by atoms with Gasteiger partial charge in [0.1, 0.15) is 5.82 Å². The Morgan fingerprint density at radius 1 is 1.29 bits per heavy atom. The molecule has 0 saturated carbocycles. The van der Waals surface area contributed by atoms with Gasteiger partial charge < -0.3 is 9.32 Å². The van der Waals surface area contributed by atoms with E-state index in [4.69, 9.17) is 4.42 Å². The number of carbonyl (C=O) groups excluding carboxylic acids is 1. The number of nitrogens with zero attached hydrogens (tertiary/aromatic N) is 3. The van der Waals surface area contributed by atoms with Crippen molar-refractivity contribution in [1.82, 2.24) is 15.1 Å². The maximum Gasteiger partial charge on any atom is 0.247 e. The molecule has 1 aromatic carbocycles. The Balaban J connectivity index is 1.60. The maximum atomic E-state index is 13.0. The zero-order valence-electron chi connectivity index (χ0n) is 13.4. The molecule has 0 unspecified atom stereocenters. The molecule has 5 nitrogen and oxygen atoms in total. The highest BCUT2D eigenvalue weighted by Crippen LogP contribution is 2.29. The highest BCUT2D eigenvalue weighted by molar-refractivity contribution is 5.76. The van der Waals surface area contributed by atoms with Crippen LogP contribution in [-0.4, -0.2) is 34.1 Å². The van der Waals surface area contributed by atoms with Gasteiger partial charge in [0.05, 0.1) is 0 Å². The number of amides is 1. The van der Waals surface area contributed by atoms with E-state index in [9.17, 15) is 9.18 Å². The van der Waals surface area contributed by atoms with E-state index >= 15 is 0 Å². The Kier molecular flexibility index (Phi) is 5.03. The van der Waals surface area contributed by atoms with E-state index in [0.717, 1.165) is 12.8 Å². The molecular formula is C18H20FN3O2. The van der Waals surface area contributed by atoms with Gasteiger partial charge >= 0.3 is 0 Å². The number of halogens is 1. The van der Waals surface area contributed by atoms with E-state index in [1.807, 2.05) is 4.90 Å². The number of rotatable bonds is 5. The van der Waals surface area contributed by atoms with Crippen LogP contribution in [0.3, 0.4) is 0 Å². The van der Waals surface area contributed by atoms with Gasteiger partial charge in [0.2, 0.25) is 17.7 Å². The summed E-state index contributed by atoms with van der Waals surface area (Å²) in [7, 11) is 0. The van der Waals surface area contributed by atoms with Gasteiger partial charge in [0, 0.05) is 31.0 Å². The van der Waals surface area contributed by atoms with Crippen LogP contribution in [0, 0.1) is 5.82 Å². The molecule has 0 aliphatic carbocycles. The minimum Gasteiger partial charge on any atom is -0.420 e. The van der Waals surface area contributed by atoms with Crippen molar-refractivity contribution in [1.29, 1.82) is 0 Å². The predicted molar refractivity (Wildman–Crippen MR) is 87.7 cm³/mol. The van der Waals surface area contributed by atoms with Gasteiger partial charge in [0.25, 0.3) is 0 Å². The van der Waals surface area contributed by atoms with E-state index < -0.39 is 0 Å². The summed E-state index contributed by atoms with van der Waals surface area (Å²) in [4.78, 5) is 13.9. The Labute approximate surface area is 140 Å². The van der Waals surface area contributed by atoms with Crippen LogP contribution < -0.4 is 0 Å². The fourth-order valence-corrected chi connectivity index (χ4v) is 2.87. The van der Waals surface area contributed by atoms with Crippen molar-refractivity contribution < 1.29 is 13.6 Å². The summed E-state index contributed by atoms with van der Waals surface area (Å²) < 4.78 is 18.7. The molecule has 2 heterocycles. The van der Waals surface area contributed by atoms with E-state index in [1.54, 1.807) is 18.2 Å². The summed E-state index contributed by atoms with van der Waals surface area (Å²) in [5.41, 5.74) is 0.701. The molecule has 1 amide bonds. The molecular weight excluding hydrogens is 309 g/mol. The first-order valence-electron chi connectivity index (χ1n) is 8.15. The van der Waals surface area contributed by atoms with Gasteiger partial charge in [-0.05, 0) is 43.5 Å². The van der Waals surface area contributed by atoms with Crippen molar-refractivity contribution in [3.05, 3.63) is 48.6 Å². The third-order valence-corrected chi connectivity index (χ3v) is 4.29. The van der Waals surface area contributed by atoms with Crippen molar-refractivity contribution in [3.8, 4) is 11.5 Å². The first-order chi connectivity index (χ1) is 11.7. The number of likely N-dealkylation sites (tertiary alicyclic amines) is 1. The molecule has 1 fully saturated rings. The molecule has 24 heavy (non-hydrogen) atoms. The van der Waals surface area contributed by atoms with Gasteiger partial charge in [-0.3, -0.25) is 4.79 Å². The molecule has 1 saturated heterocycles. The molecule has 126 valence electrons. The molecule has 0 N–H and O–H groups in total. The Morgan fingerprint density at radius 3 is 2.67 bits per heavy atom. The largest absolute Gasteiger partial charge is 0.420 e. The third kappa shape index (κ3) is 3.69. The molecule has 3 rings (SSSR count). The summed E-state index contributed by atoms with van der Waals surface area (Å²) in [6.45, 7) is 5.05. The van der Waals surface area contributed by atoms with Crippen molar-refractivity contribution in [2.45, 2.75) is 31.6 Å². The van der Waals surface area contributed by atoms with Crippen molar-refractivity contribution in [3.63, 3.8) is 0 Å². The topological polar surface area (TPSA) is 59.2 Å². The number of hydrogen-bond donors (Lipinski definition) is 0. The number of piperidine rings is 1. The van der Waals surface area contributed by atoms with E-state index in [1.165, 1.54) is 12.1 Å². The van der Waals surface area contributed by atoms with Crippen LogP contribution in [0.5, 0.6) is 0 Å². The van der Waals surface area contributed by atoms with Gasteiger partial charge in [-0.25, -0.2) is 4.39 Å². The first kappa shape index (κ1) is 16.4. The fourth-order valence-electron chi connectivity index (χ4n) is 2.87. The van der Waals surface area contributed by atoms with Crippen LogP contribution in [-0.2, 0) is 4.79 Å². The van der Waals surface area contributed by atoms with Gasteiger partial charge in [0.15, 0.2) is 0 Å². The number of aromatic nitrogens is 2. The highest BCUT2D eigenvalue weighted by atomic mass is 19.1. The van der Waals surface area contributed by atoms with Crippen LogP contribution >= 0.6 is 0 Å². The van der Waals surface area contributed by atoms with Crippen LogP contribution in [0.1, 0.15) is 37.5 Å². The minimum absolute atomic E-state index is 0.162. The smallest absolute Gasteiger partial charge is 0.247 e. The average molecular weight is 329 g/mol. The molecule has 1 aromatic heterocycles. The maximum absolute atomic E-state index is 13.0.